The van der Waals surface area contributed by atoms with Crippen molar-refractivity contribution in [2.45, 2.75) is 51.9 Å². The standard InChI is InChI=1S/C33H38BClN6O3/c1-24-19-38(23-37-24)14-7-15-40(20-25-8-4-3-5-9-25)33(42)29-21-39(16-17-41(29)34(2)43)32-28-12-11-27(35)18-30(28)44-22-26-10-6-13-36-31(26)32/h3-6,8-13,18-19,23,29,32,43H,7,14-17,20-22H2,1-2H3/t29-,32+/m1/s1. The average Bonchev–Trinajstić information content (AvgIpc) is 3.37. The van der Waals surface area contributed by atoms with E-state index in [-0.39, 0.29) is 11.9 Å². The molecule has 0 aliphatic carbocycles. The molecule has 2 aromatic heterocycles. The Bertz CT molecular complexity index is 1580. The smallest absolute Gasteiger partial charge is 0.377 e. The summed E-state index contributed by atoms with van der Waals surface area (Å²) in [6.07, 6.45) is 6.45. The van der Waals surface area contributed by atoms with Crippen molar-refractivity contribution in [3.63, 3.8) is 0 Å². The van der Waals surface area contributed by atoms with Gasteiger partial charge in [0.25, 0.3) is 0 Å². The van der Waals surface area contributed by atoms with Crippen molar-refractivity contribution in [3.05, 3.63) is 112 Å². The van der Waals surface area contributed by atoms with E-state index in [0.29, 0.717) is 44.4 Å². The number of carbonyl (C=O) groups is 1. The summed E-state index contributed by atoms with van der Waals surface area (Å²) in [6.45, 7) is 7.56. The predicted octanol–water partition coefficient (Wildman–Crippen LogP) is 4.44. The number of pyridine rings is 1. The van der Waals surface area contributed by atoms with Gasteiger partial charge in [-0.1, -0.05) is 54.1 Å². The Morgan fingerprint density at radius 3 is 2.75 bits per heavy atom. The quantitative estimate of drug-likeness (QED) is 0.280. The van der Waals surface area contributed by atoms with E-state index in [2.05, 4.69) is 26.6 Å². The summed E-state index contributed by atoms with van der Waals surface area (Å²) in [5.74, 6) is 0.727. The second kappa shape index (κ2) is 13.5. The van der Waals surface area contributed by atoms with Gasteiger partial charge in [0.15, 0.2) is 0 Å². The first-order valence-corrected chi connectivity index (χ1v) is 15.6. The van der Waals surface area contributed by atoms with E-state index in [0.717, 1.165) is 46.8 Å². The summed E-state index contributed by atoms with van der Waals surface area (Å²) in [4.78, 5) is 29.9. The molecule has 1 amide bonds. The Kier molecular flexibility index (Phi) is 9.32. The van der Waals surface area contributed by atoms with Crippen LogP contribution in [0.4, 0.5) is 0 Å². The van der Waals surface area contributed by atoms with Crippen LogP contribution in [0.25, 0.3) is 0 Å². The second-order valence-electron chi connectivity index (χ2n) is 11.7. The number of benzene rings is 2. The van der Waals surface area contributed by atoms with Crippen LogP contribution in [-0.2, 0) is 24.5 Å². The molecule has 0 spiro atoms. The van der Waals surface area contributed by atoms with Crippen molar-refractivity contribution in [2.24, 2.45) is 0 Å². The molecule has 1 saturated heterocycles. The molecule has 2 aliphatic rings. The Morgan fingerprint density at radius 2 is 1.98 bits per heavy atom. The molecule has 0 bridgehead atoms. The molecule has 4 aromatic rings. The number of hydrogen-bond donors (Lipinski definition) is 1. The third kappa shape index (κ3) is 6.68. The van der Waals surface area contributed by atoms with E-state index in [4.69, 9.17) is 21.3 Å². The molecule has 1 N–H and O–H groups in total. The normalized spacial score (nSPS) is 18.5. The third-order valence-electron chi connectivity index (χ3n) is 8.56. The number of piperazine rings is 1. The number of aryl methyl sites for hydroxylation is 2. The van der Waals surface area contributed by atoms with E-state index in [1.807, 2.05) is 83.9 Å². The second-order valence-corrected chi connectivity index (χ2v) is 12.1. The zero-order valence-electron chi connectivity index (χ0n) is 25.2. The van der Waals surface area contributed by atoms with Crippen molar-refractivity contribution in [3.8, 4) is 5.75 Å². The molecular formula is C33H38BClN6O3. The fourth-order valence-electron chi connectivity index (χ4n) is 6.39. The SMILES string of the molecule is CB(O)N1CCN([C@H]2c3ccc(Cl)cc3OCc3cccnc32)C[C@@H]1C(=O)N(CCCn1cnc(C)c1)Cc1ccccc1. The number of fused-ring (bicyclic) bond motifs is 2. The van der Waals surface area contributed by atoms with Crippen molar-refractivity contribution in [1.82, 2.24) is 29.1 Å². The van der Waals surface area contributed by atoms with Crippen LogP contribution in [0.5, 0.6) is 5.75 Å². The van der Waals surface area contributed by atoms with Gasteiger partial charge in [0, 0.05) is 67.8 Å². The summed E-state index contributed by atoms with van der Waals surface area (Å²) in [5.41, 5.74) is 4.94. The number of halogens is 1. The number of imidazole rings is 1. The van der Waals surface area contributed by atoms with Crippen LogP contribution < -0.4 is 4.74 Å². The monoisotopic (exact) mass is 612 g/mol. The molecule has 228 valence electrons. The van der Waals surface area contributed by atoms with Crippen molar-refractivity contribution in [1.29, 1.82) is 0 Å². The first-order valence-electron chi connectivity index (χ1n) is 15.2. The Labute approximate surface area is 264 Å². The number of hydrogen-bond acceptors (Lipinski definition) is 7. The van der Waals surface area contributed by atoms with Crippen LogP contribution in [0.3, 0.4) is 0 Å². The van der Waals surface area contributed by atoms with Gasteiger partial charge in [-0.05, 0) is 43.9 Å². The highest BCUT2D eigenvalue weighted by Crippen LogP contribution is 2.40. The lowest BCUT2D eigenvalue weighted by Crippen LogP contribution is -2.63. The number of nitrogens with zero attached hydrogens (tertiary/aromatic N) is 6. The van der Waals surface area contributed by atoms with E-state index < -0.39 is 13.1 Å². The summed E-state index contributed by atoms with van der Waals surface area (Å²) < 4.78 is 8.28. The molecule has 0 saturated carbocycles. The van der Waals surface area contributed by atoms with E-state index in [9.17, 15) is 9.82 Å². The highest BCUT2D eigenvalue weighted by molar-refractivity contribution is 6.45. The zero-order valence-corrected chi connectivity index (χ0v) is 26.0. The topological polar surface area (TPSA) is 87.0 Å². The third-order valence-corrected chi connectivity index (χ3v) is 8.79. The summed E-state index contributed by atoms with van der Waals surface area (Å²) in [6, 6.07) is 19.0. The molecule has 2 atom stereocenters. The van der Waals surface area contributed by atoms with Crippen molar-refractivity contribution in [2.75, 3.05) is 26.2 Å². The minimum Gasteiger partial charge on any atom is -0.488 e. The average molecular weight is 613 g/mol. The van der Waals surface area contributed by atoms with Crippen LogP contribution in [0.2, 0.25) is 11.8 Å². The number of rotatable bonds is 9. The Morgan fingerprint density at radius 1 is 1.14 bits per heavy atom. The van der Waals surface area contributed by atoms with Gasteiger partial charge in [0.2, 0.25) is 5.91 Å². The van der Waals surface area contributed by atoms with Gasteiger partial charge >= 0.3 is 7.05 Å². The Hall–Kier alpha value is -3.70. The molecule has 0 radical (unpaired) electrons. The maximum absolute atomic E-state index is 14.6. The van der Waals surface area contributed by atoms with Crippen LogP contribution in [-0.4, -0.2) is 79.3 Å². The summed E-state index contributed by atoms with van der Waals surface area (Å²) >= 11 is 6.38. The molecule has 4 heterocycles. The number of ether oxygens (including phenoxy) is 1. The van der Waals surface area contributed by atoms with Gasteiger partial charge in [-0.15, -0.1) is 0 Å². The molecule has 11 heteroatoms. The van der Waals surface area contributed by atoms with Crippen LogP contribution in [0, 0.1) is 6.92 Å². The molecule has 44 heavy (non-hydrogen) atoms. The minimum atomic E-state index is -0.771. The van der Waals surface area contributed by atoms with Gasteiger partial charge in [-0.2, -0.15) is 0 Å². The predicted molar refractivity (Wildman–Crippen MR) is 171 cm³/mol. The van der Waals surface area contributed by atoms with Gasteiger partial charge in [0.1, 0.15) is 12.4 Å². The maximum Gasteiger partial charge on any atom is 0.377 e. The maximum atomic E-state index is 14.6. The first kappa shape index (κ1) is 30.3. The first-order chi connectivity index (χ1) is 21.4. The lowest BCUT2D eigenvalue weighted by atomic mass is 9.81. The molecule has 6 rings (SSSR count). The fourth-order valence-corrected chi connectivity index (χ4v) is 6.55. The van der Waals surface area contributed by atoms with E-state index in [1.54, 1.807) is 6.82 Å². The molecule has 2 aliphatic heterocycles. The number of amides is 1. The molecular weight excluding hydrogens is 575 g/mol. The zero-order chi connectivity index (χ0) is 30.6. The lowest BCUT2D eigenvalue weighted by molar-refractivity contribution is -0.138. The molecule has 2 aromatic carbocycles. The highest BCUT2D eigenvalue weighted by atomic mass is 35.5. The largest absolute Gasteiger partial charge is 0.488 e. The van der Waals surface area contributed by atoms with Gasteiger partial charge in [-0.3, -0.25) is 14.7 Å². The summed E-state index contributed by atoms with van der Waals surface area (Å²) in [7, 11) is -0.771. The number of carbonyl (C=O) groups excluding carboxylic acids is 1. The van der Waals surface area contributed by atoms with Crippen LogP contribution >= 0.6 is 11.6 Å². The highest BCUT2D eigenvalue weighted by Gasteiger charge is 2.42. The summed E-state index contributed by atoms with van der Waals surface area (Å²) in [5, 5.41) is 11.5. The van der Waals surface area contributed by atoms with Gasteiger partial charge in [-0.25, -0.2) is 4.98 Å². The van der Waals surface area contributed by atoms with E-state index in [1.165, 1.54) is 0 Å². The van der Waals surface area contributed by atoms with Gasteiger partial charge in [0.05, 0.1) is 29.8 Å². The molecule has 1 fully saturated rings. The van der Waals surface area contributed by atoms with E-state index >= 15 is 0 Å². The number of aromatic nitrogens is 3. The lowest BCUT2D eigenvalue weighted by Gasteiger charge is -2.45. The molecule has 9 nitrogen and oxygen atoms in total. The van der Waals surface area contributed by atoms with Crippen molar-refractivity contribution < 1.29 is 14.6 Å². The Balaban J connectivity index is 1.30. The minimum absolute atomic E-state index is 0.00344. The van der Waals surface area contributed by atoms with Crippen LogP contribution in [0.1, 0.15) is 40.5 Å². The van der Waals surface area contributed by atoms with Gasteiger partial charge < -0.3 is 24.0 Å². The fraction of sp³-hybridized carbons (Fsp3) is 0.364. The van der Waals surface area contributed by atoms with Crippen molar-refractivity contribution >= 4 is 24.6 Å². The van der Waals surface area contributed by atoms with Crippen LogP contribution in [0.15, 0.2) is 79.4 Å². The molecule has 0 unspecified atom stereocenters.